The second kappa shape index (κ2) is 10.4. The van der Waals surface area contributed by atoms with E-state index in [2.05, 4.69) is 17.9 Å². The van der Waals surface area contributed by atoms with Gasteiger partial charge in [-0.2, -0.15) is 5.26 Å². The summed E-state index contributed by atoms with van der Waals surface area (Å²) in [5, 5.41) is 9.53. The molecule has 5 heteroatoms. The second-order valence-corrected chi connectivity index (χ2v) is 8.37. The second-order valence-electron chi connectivity index (χ2n) is 8.37. The fourth-order valence-electron chi connectivity index (χ4n) is 4.52. The summed E-state index contributed by atoms with van der Waals surface area (Å²) in [4.78, 5) is 2.46. The van der Waals surface area contributed by atoms with Gasteiger partial charge in [0.1, 0.15) is 23.9 Å². The minimum atomic E-state index is 0.366. The Bertz CT molecular complexity index is 1130. The number of ether oxygens (including phenoxy) is 3. The maximum atomic E-state index is 9.53. The van der Waals surface area contributed by atoms with Crippen molar-refractivity contribution in [3.63, 3.8) is 0 Å². The van der Waals surface area contributed by atoms with E-state index in [4.69, 9.17) is 14.2 Å². The molecule has 1 atom stereocenters. The first-order chi connectivity index (χ1) is 16.1. The summed E-state index contributed by atoms with van der Waals surface area (Å²) in [6.07, 6.45) is 2.45. The molecule has 3 aromatic carbocycles. The van der Waals surface area contributed by atoms with E-state index in [0.717, 1.165) is 46.8 Å². The molecule has 5 nitrogen and oxygen atoms in total. The summed E-state index contributed by atoms with van der Waals surface area (Å²) in [6, 6.07) is 22.4. The molecule has 0 N–H and O–H groups in total. The molecule has 0 radical (unpaired) electrons. The predicted octanol–water partition coefficient (Wildman–Crippen LogP) is 5.81. The first kappa shape index (κ1) is 22.7. The van der Waals surface area contributed by atoms with Crippen LogP contribution in [0.5, 0.6) is 17.2 Å². The van der Waals surface area contributed by atoms with Gasteiger partial charge in [0.05, 0.1) is 31.4 Å². The molecule has 1 aliphatic heterocycles. The predicted molar refractivity (Wildman–Crippen MR) is 130 cm³/mol. The van der Waals surface area contributed by atoms with Crippen molar-refractivity contribution >= 4 is 0 Å². The molecule has 1 heterocycles. The number of nitrogens with zero attached hydrogens (tertiary/aromatic N) is 2. The summed E-state index contributed by atoms with van der Waals surface area (Å²) in [7, 11) is 3.37. The zero-order chi connectivity index (χ0) is 23.2. The molecule has 170 valence electrons. The lowest BCUT2D eigenvalue weighted by molar-refractivity contribution is 0.249. The molecule has 0 aliphatic carbocycles. The van der Waals surface area contributed by atoms with E-state index in [-0.39, 0.29) is 0 Å². The van der Waals surface area contributed by atoms with Gasteiger partial charge in [-0.3, -0.25) is 4.90 Å². The Morgan fingerprint density at radius 3 is 2.27 bits per heavy atom. The van der Waals surface area contributed by atoms with Crippen LogP contribution >= 0.6 is 0 Å². The summed E-state index contributed by atoms with van der Waals surface area (Å²) < 4.78 is 17.7. The monoisotopic (exact) mass is 442 g/mol. The highest BCUT2D eigenvalue weighted by molar-refractivity contribution is 5.73. The number of rotatable bonds is 8. The third-order valence-electron chi connectivity index (χ3n) is 6.38. The van der Waals surface area contributed by atoms with Gasteiger partial charge in [0.25, 0.3) is 0 Å². The van der Waals surface area contributed by atoms with Crippen molar-refractivity contribution < 1.29 is 14.2 Å². The molecule has 33 heavy (non-hydrogen) atoms. The number of likely N-dealkylation sites (tertiary alicyclic amines) is 1. The van der Waals surface area contributed by atoms with E-state index in [1.807, 2.05) is 60.7 Å². The van der Waals surface area contributed by atoms with E-state index < -0.39 is 0 Å². The topological polar surface area (TPSA) is 54.7 Å². The Labute approximate surface area is 196 Å². The lowest BCUT2D eigenvalue weighted by Gasteiger charge is -2.24. The standard InChI is InChI=1S/C28H30N2O3/c1-20-9-8-14-30(20)18-26-27(31-2)15-23(16-28(26)32-3)33-19-22-11-5-7-13-25(22)24-12-6-4-10-21(24)17-29/h4-7,10-13,15-16,20H,8-9,14,18-19H2,1-3H3. The van der Waals surface area contributed by atoms with Crippen molar-refractivity contribution in [2.45, 2.75) is 39.0 Å². The number of benzene rings is 3. The maximum Gasteiger partial charge on any atom is 0.130 e. The fraction of sp³-hybridized carbons (Fsp3) is 0.321. The Balaban J connectivity index is 1.59. The maximum absolute atomic E-state index is 9.53. The molecule has 0 aromatic heterocycles. The highest BCUT2D eigenvalue weighted by Gasteiger charge is 2.24. The third kappa shape index (κ3) is 4.97. The number of nitriles is 1. The van der Waals surface area contributed by atoms with Crippen LogP contribution in [0.3, 0.4) is 0 Å². The van der Waals surface area contributed by atoms with Gasteiger partial charge in [-0.25, -0.2) is 0 Å². The molecule has 1 unspecified atom stereocenters. The van der Waals surface area contributed by atoms with Gasteiger partial charge < -0.3 is 14.2 Å². The molecule has 3 aromatic rings. The van der Waals surface area contributed by atoms with Gasteiger partial charge in [-0.05, 0) is 49.1 Å². The molecule has 0 spiro atoms. The first-order valence-corrected chi connectivity index (χ1v) is 11.3. The van der Waals surface area contributed by atoms with Crippen LogP contribution in [0.15, 0.2) is 60.7 Å². The van der Waals surface area contributed by atoms with Crippen molar-refractivity contribution in [2.24, 2.45) is 0 Å². The third-order valence-corrected chi connectivity index (χ3v) is 6.38. The van der Waals surface area contributed by atoms with Crippen molar-refractivity contribution in [1.82, 2.24) is 4.90 Å². The highest BCUT2D eigenvalue weighted by Crippen LogP contribution is 2.37. The van der Waals surface area contributed by atoms with Crippen LogP contribution < -0.4 is 14.2 Å². The van der Waals surface area contributed by atoms with Crippen molar-refractivity contribution in [3.05, 3.63) is 77.4 Å². The molecule has 1 aliphatic rings. The lowest BCUT2D eigenvalue weighted by Crippen LogP contribution is -2.26. The summed E-state index contributed by atoms with van der Waals surface area (Å²) in [5.74, 6) is 2.23. The molecule has 4 rings (SSSR count). The van der Waals surface area contributed by atoms with Gasteiger partial charge in [0.2, 0.25) is 0 Å². The van der Waals surface area contributed by atoms with E-state index >= 15 is 0 Å². The zero-order valence-electron chi connectivity index (χ0n) is 19.5. The average molecular weight is 443 g/mol. The first-order valence-electron chi connectivity index (χ1n) is 11.3. The zero-order valence-corrected chi connectivity index (χ0v) is 19.5. The van der Waals surface area contributed by atoms with Crippen LogP contribution in [0, 0.1) is 11.3 Å². The van der Waals surface area contributed by atoms with E-state index in [1.165, 1.54) is 12.8 Å². The van der Waals surface area contributed by atoms with Crippen LogP contribution in [0.25, 0.3) is 11.1 Å². The molecule has 0 bridgehead atoms. The van der Waals surface area contributed by atoms with Gasteiger partial charge in [0, 0.05) is 24.7 Å². The van der Waals surface area contributed by atoms with E-state index in [9.17, 15) is 5.26 Å². The Morgan fingerprint density at radius 2 is 1.64 bits per heavy atom. The fourth-order valence-corrected chi connectivity index (χ4v) is 4.52. The van der Waals surface area contributed by atoms with Crippen LogP contribution in [0.4, 0.5) is 0 Å². The normalized spacial score (nSPS) is 15.8. The smallest absolute Gasteiger partial charge is 0.130 e. The Hall–Kier alpha value is -3.49. The van der Waals surface area contributed by atoms with Gasteiger partial charge in [-0.15, -0.1) is 0 Å². The number of hydrogen-bond acceptors (Lipinski definition) is 5. The largest absolute Gasteiger partial charge is 0.496 e. The molecular weight excluding hydrogens is 412 g/mol. The number of hydrogen-bond donors (Lipinski definition) is 0. The summed E-state index contributed by atoms with van der Waals surface area (Å²) >= 11 is 0. The molecule has 0 saturated carbocycles. The van der Waals surface area contributed by atoms with Gasteiger partial charge >= 0.3 is 0 Å². The summed E-state index contributed by atoms with van der Waals surface area (Å²) in [6.45, 7) is 4.52. The summed E-state index contributed by atoms with van der Waals surface area (Å²) in [5.41, 5.74) is 4.60. The SMILES string of the molecule is COc1cc(OCc2ccccc2-c2ccccc2C#N)cc(OC)c1CN1CCCC1C. The highest BCUT2D eigenvalue weighted by atomic mass is 16.5. The van der Waals surface area contributed by atoms with Crippen molar-refractivity contribution in [1.29, 1.82) is 5.26 Å². The molecular formula is C28H30N2O3. The molecule has 1 fully saturated rings. The van der Waals surface area contributed by atoms with Gasteiger partial charge in [0.15, 0.2) is 0 Å². The molecule has 0 amide bonds. The average Bonchev–Trinajstić information content (AvgIpc) is 3.27. The van der Waals surface area contributed by atoms with Crippen molar-refractivity contribution in [2.75, 3.05) is 20.8 Å². The Kier molecular flexibility index (Phi) is 7.16. The minimum Gasteiger partial charge on any atom is -0.496 e. The van der Waals surface area contributed by atoms with Crippen LogP contribution in [-0.4, -0.2) is 31.7 Å². The molecule has 1 saturated heterocycles. The number of methoxy groups -OCH3 is 2. The lowest BCUT2D eigenvalue weighted by atomic mass is 9.96. The van der Waals surface area contributed by atoms with Crippen LogP contribution in [0.2, 0.25) is 0 Å². The van der Waals surface area contributed by atoms with E-state index in [0.29, 0.717) is 24.0 Å². The van der Waals surface area contributed by atoms with Crippen LogP contribution in [0.1, 0.15) is 36.5 Å². The quantitative estimate of drug-likeness (QED) is 0.441. The van der Waals surface area contributed by atoms with Crippen LogP contribution in [-0.2, 0) is 13.2 Å². The Morgan fingerprint density at radius 1 is 0.970 bits per heavy atom. The van der Waals surface area contributed by atoms with E-state index in [1.54, 1.807) is 14.2 Å². The minimum absolute atomic E-state index is 0.366. The van der Waals surface area contributed by atoms with Crippen molar-refractivity contribution in [3.8, 4) is 34.4 Å². The van der Waals surface area contributed by atoms with Gasteiger partial charge in [-0.1, -0.05) is 42.5 Å².